The lowest BCUT2D eigenvalue weighted by atomic mass is 9.96. The van der Waals surface area contributed by atoms with Crippen LogP contribution in [0, 0.1) is 5.92 Å². The van der Waals surface area contributed by atoms with E-state index in [0.717, 1.165) is 0 Å². The normalized spacial score (nSPS) is 15.6. The van der Waals surface area contributed by atoms with Crippen LogP contribution in [0.4, 0.5) is 0 Å². The first-order chi connectivity index (χ1) is 10.2. The van der Waals surface area contributed by atoms with Gasteiger partial charge in [-0.2, -0.15) is 0 Å². The van der Waals surface area contributed by atoms with Gasteiger partial charge in [-0.05, 0) is 31.9 Å². The Morgan fingerprint density at radius 2 is 2.10 bits per heavy atom. The van der Waals surface area contributed by atoms with Gasteiger partial charge in [0.1, 0.15) is 5.56 Å². The molecule has 0 atom stereocenters. The third-order valence-electron chi connectivity index (χ3n) is 3.60. The smallest absolute Gasteiger partial charge is 0.308 e. The van der Waals surface area contributed by atoms with E-state index in [1.54, 1.807) is 23.2 Å². The molecule has 0 unspecified atom stereocenters. The zero-order chi connectivity index (χ0) is 15.2. The van der Waals surface area contributed by atoms with Crippen LogP contribution in [0.2, 0.25) is 0 Å². The van der Waals surface area contributed by atoms with Crippen molar-refractivity contribution in [3.63, 3.8) is 0 Å². The number of hydrogen-bond donors (Lipinski definition) is 0. The highest BCUT2D eigenvalue weighted by Crippen LogP contribution is 2.22. The molecule has 2 heterocycles. The Morgan fingerprint density at radius 3 is 2.71 bits per heavy atom. The Bertz CT molecular complexity index is 510. The van der Waals surface area contributed by atoms with E-state index in [1.165, 1.54) is 7.11 Å². The highest BCUT2D eigenvalue weighted by molar-refractivity contribution is 5.96. The number of esters is 1. The summed E-state index contributed by atoms with van der Waals surface area (Å²) in [6.07, 6.45) is 2.86. The molecule has 114 valence electrons. The van der Waals surface area contributed by atoms with Gasteiger partial charge in [-0.15, -0.1) is 0 Å². The van der Waals surface area contributed by atoms with Gasteiger partial charge in [-0.25, -0.2) is 4.98 Å². The molecule has 1 aromatic rings. The zero-order valence-electron chi connectivity index (χ0n) is 12.4. The molecule has 6 nitrogen and oxygen atoms in total. The van der Waals surface area contributed by atoms with Crippen molar-refractivity contribution in [2.24, 2.45) is 5.92 Å². The summed E-state index contributed by atoms with van der Waals surface area (Å²) in [5.41, 5.74) is 0.468. The summed E-state index contributed by atoms with van der Waals surface area (Å²) in [4.78, 5) is 29.9. The number of likely N-dealkylation sites (tertiary alicyclic amines) is 1. The minimum atomic E-state index is -0.196. The first-order valence-corrected chi connectivity index (χ1v) is 7.12. The molecule has 1 saturated heterocycles. The van der Waals surface area contributed by atoms with E-state index in [4.69, 9.17) is 9.47 Å². The van der Waals surface area contributed by atoms with Crippen LogP contribution in [-0.4, -0.2) is 48.6 Å². The molecule has 0 N–H and O–H groups in total. The maximum atomic E-state index is 12.5. The third-order valence-corrected chi connectivity index (χ3v) is 3.60. The predicted molar refractivity (Wildman–Crippen MR) is 76.0 cm³/mol. The second-order valence-electron chi connectivity index (χ2n) is 4.88. The topological polar surface area (TPSA) is 68.7 Å². The highest BCUT2D eigenvalue weighted by Gasteiger charge is 2.29. The maximum absolute atomic E-state index is 12.5. The first-order valence-electron chi connectivity index (χ1n) is 7.12. The lowest BCUT2D eigenvalue weighted by Gasteiger charge is -2.30. The number of methoxy groups -OCH3 is 1. The molecule has 0 aliphatic carbocycles. The molecule has 1 aromatic heterocycles. The molecule has 0 saturated carbocycles. The van der Waals surface area contributed by atoms with E-state index in [9.17, 15) is 9.59 Å². The lowest BCUT2D eigenvalue weighted by molar-refractivity contribution is -0.146. The number of nitrogens with zero attached hydrogens (tertiary/aromatic N) is 2. The molecular formula is C15H20N2O4. The Balaban J connectivity index is 2.04. The molecule has 1 amide bonds. The molecule has 2 rings (SSSR count). The van der Waals surface area contributed by atoms with Crippen LogP contribution in [0.5, 0.6) is 5.88 Å². The average Bonchev–Trinajstić information content (AvgIpc) is 2.54. The summed E-state index contributed by atoms with van der Waals surface area (Å²) >= 11 is 0. The Kier molecular flexibility index (Phi) is 5.14. The summed E-state index contributed by atoms with van der Waals surface area (Å²) in [5, 5.41) is 0. The van der Waals surface area contributed by atoms with Gasteiger partial charge in [-0.3, -0.25) is 9.59 Å². The van der Waals surface area contributed by atoms with Gasteiger partial charge in [0.2, 0.25) is 5.88 Å². The fourth-order valence-electron chi connectivity index (χ4n) is 2.46. The van der Waals surface area contributed by atoms with E-state index in [-0.39, 0.29) is 17.8 Å². The van der Waals surface area contributed by atoms with E-state index < -0.39 is 0 Å². The van der Waals surface area contributed by atoms with E-state index >= 15 is 0 Å². The predicted octanol–water partition coefficient (Wildman–Crippen LogP) is 1.51. The number of hydrogen-bond acceptors (Lipinski definition) is 5. The van der Waals surface area contributed by atoms with Gasteiger partial charge in [0, 0.05) is 19.3 Å². The number of ether oxygens (including phenoxy) is 2. The van der Waals surface area contributed by atoms with Crippen molar-refractivity contribution in [1.29, 1.82) is 0 Å². The van der Waals surface area contributed by atoms with Crippen LogP contribution in [-0.2, 0) is 9.53 Å². The van der Waals surface area contributed by atoms with Crippen LogP contribution in [0.3, 0.4) is 0 Å². The Labute approximate surface area is 124 Å². The monoisotopic (exact) mass is 292 g/mol. The van der Waals surface area contributed by atoms with Crippen molar-refractivity contribution in [3.05, 3.63) is 23.9 Å². The Morgan fingerprint density at radius 1 is 1.38 bits per heavy atom. The molecule has 0 aromatic carbocycles. The summed E-state index contributed by atoms with van der Waals surface area (Å²) < 4.78 is 10.1. The fourth-order valence-corrected chi connectivity index (χ4v) is 2.46. The maximum Gasteiger partial charge on any atom is 0.308 e. The van der Waals surface area contributed by atoms with Gasteiger partial charge in [0.25, 0.3) is 5.91 Å². The van der Waals surface area contributed by atoms with Gasteiger partial charge in [0.05, 0.1) is 19.6 Å². The number of pyridine rings is 1. The number of carbonyl (C=O) groups is 2. The summed E-state index contributed by atoms with van der Waals surface area (Å²) in [6, 6.07) is 3.43. The van der Waals surface area contributed by atoms with Crippen molar-refractivity contribution < 1.29 is 19.1 Å². The summed E-state index contributed by atoms with van der Waals surface area (Å²) in [5.74, 6) is -0.0484. The molecule has 0 spiro atoms. The molecule has 1 aliphatic heterocycles. The molecule has 1 aliphatic rings. The minimum Gasteiger partial charge on any atom is -0.477 e. The van der Waals surface area contributed by atoms with Crippen molar-refractivity contribution in [3.8, 4) is 5.88 Å². The van der Waals surface area contributed by atoms with Gasteiger partial charge in [-0.1, -0.05) is 0 Å². The fraction of sp³-hybridized carbons (Fsp3) is 0.533. The van der Waals surface area contributed by atoms with E-state index in [2.05, 4.69) is 4.98 Å². The van der Waals surface area contributed by atoms with Crippen LogP contribution < -0.4 is 4.74 Å². The van der Waals surface area contributed by atoms with Crippen LogP contribution in [0.25, 0.3) is 0 Å². The number of carbonyl (C=O) groups excluding carboxylic acids is 2. The first kappa shape index (κ1) is 15.3. The van der Waals surface area contributed by atoms with Gasteiger partial charge >= 0.3 is 5.97 Å². The summed E-state index contributed by atoms with van der Waals surface area (Å²) in [7, 11) is 1.39. The second-order valence-corrected chi connectivity index (χ2v) is 4.88. The van der Waals surface area contributed by atoms with Crippen LogP contribution in [0.1, 0.15) is 30.1 Å². The van der Waals surface area contributed by atoms with Gasteiger partial charge in [0.15, 0.2) is 0 Å². The quantitative estimate of drug-likeness (QED) is 0.787. The molecule has 6 heteroatoms. The lowest BCUT2D eigenvalue weighted by Crippen LogP contribution is -2.40. The number of rotatable bonds is 4. The average molecular weight is 292 g/mol. The number of aromatic nitrogens is 1. The Hall–Kier alpha value is -2.11. The highest BCUT2D eigenvalue weighted by atomic mass is 16.5. The standard InChI is InChI=1S/C15H20N2O4/c1-3-21-13-12(5-4-8-16-13)14(18)17-9-6-11(7-10-17)15(19)20-2/h4-5,8,11H,3,6-7,9-10H2,1-2H3. The number of piperidine rings is 1. The van der Waals surface area contributed by atoms with Crippen molar-refractivity contribution in [2.45, 2.75) is 19.8 Å². The van der Waals surface area contributed by atoms with E-state index in [0.29, 0.717) is 44.0 Å². The van der Waals surface area contributed by atoms with Crippen molar-refractivity contribution >= 4 is 11.9 Å². The van der Waals surface area contributed by atoms with Gasteiger partial charge < -0.3 is 14.4 Å². The van der Waals surface area contributed by atoms with Crippen molar-refractivity contribution in [1.82, 2.24) is 9.88 Å². The largest absolute Gasteiger partial charge is 0.477 e. The minimum absolute atomic E-state index is 0.102. The summed E-state index contributed by atoms with van der Waals surface area (Å²) in [6.45, 7) is 3.39. The molecule has 0 radical (unpaired) electrons. The SMILES string of the molecule is CCOc1ncccc1C(=O)N1CCC(C(=O)OC)CC1. The molecular weight excluding hydrogens is 272 g/mol. The van der Waals surface area contributed by atoms with Crippen molar-refractivity contribution in [2.75, 3.05) is 26.8 Å². The zero-order valence-corrected chi connectivity index (χ0v) is 12.4. The number of amides is 1. The molecule has 21 heavy (non-hydrogen) atoms. The molecule has 1 fully saturated rings. The molecule has 0 bridgehead atoms. The van der Waals surface area contributed by atoms with Crippen LogP contribution >= 0.6 is 0 Å². The third kappa shape index (κ3) is 3.51. The van der Waals surface area contributed by atoms with Crippen LogP contribution in [0.15, 0.2) is 18.3 Å². The van der Waals surface area contributed by atoms with E-state index in [1.807, 2.05) is 6.92 Å². The second kappa shape index (κ2) is 7.06.